The van der Waals surface area contributed by atoms with E-state index in [0.29, 0.717) is 5.11 Å². The fraction of sp³-hybridized carbons (Fsp3) is 0.316. The summed E-state index contributed by atoms with van der Waals surface area (Å²) in [7, 11) is 0. The second-order valence-electron chi connectivity index (χ2n) is 6.41. The third-order valence-electron chi connectivity index (χ3n) is 3.53. The molecule has 0 heterocycles. The highest BCUT2D eigenvalue weighted by molar-refractivity contribution is 7.80. The van der Waals surface area contributed by atoms with Gasteiger partial charge in [0, 0.05) is 12.2 Å². The van der Waals surface area contributed by atoms with Gasteiger partial charge in [0.05, 0.1) is 0 Å². The lowest BCUT2D eigenvalue weighted by Crippen LogP contribution is -2.31. The quantitative estimate of drug-likeness (QED) is 0.812. The number of hydrogen-bond acceptors (Lipinski definition) is 1. The molecule has 0 saturated heterocycles. The van der Waals surface area contributed by atoms with Crippen molar-refractivity contribution >= 4 is 23.0 Å². The van der Waals surface area contributed by atoms with E-state index in [-0.39, 0.29) is 5.41 Å². The standard InChI is InChI=1S/C19H24N2S/c1-19(2,3)16-11-7-8-12-17(16)21-18(22)20-14-13-15-9-5-4-6-10-15/h4-12H,13-14H2,1-3H3,(H2,20,21,22). The first-order valence-electron chi connectivity index (χ1n) is 7.65. The summed E-state index contributed by atoms with van der Waals surface area (Å²) in [6.45, 7) is 7.45. The van der Waals surface area contributed by atoms with E-state index in [2.05, 4.69) is 73.9 Å². The molecule has 0 spiro atoms. The normalized spacial score (nSPS) is 11.0. The van der Waals surface area contributed by atoms with Gasteiger partial charge in [0.15, 0.2) is 5.11 Å². The molecule has 2 N–H and O–H groups in total. The summed E-state index contributed by atoms with van der Waals surface area (Å²) < 4.78 is 0. The number of anilines is 1. The van der Waals surface area contributed by atoms with Crippen LogP contribution in [0.2, 0.25) is 0 Å². The lowest BCUT2D eigenvalue weighted by atomic mass is 9.86. The Hall–Kier alpha value is -1.87. The van der Waals surface area contributed by atoms with Crippen LogP contribution in [0.15, 0.2) is 54.6 Å². The second-order valence-corrected chi connectivity index (χ2v) is 6.82. The summed E-state index contributed by atoms with van der Waals surface area (Å²) in [6.07, 6.45) is 0.962. The van der Waals surface area contributed by atoms with Crippen LogP contribution in [-0.4, -0.2) is 11.7 Å². The number of nitrogens with one attached hydrogen (secondary N) is 2. The van der Waals surface area contributed by atoms with Gasteiger partial charge in [0.25, 0.3) is 0 Å². The molecule has 2 aromatic carbocycles. The van der Waals surface area contributed by atoms with Crippen LogP contribution in [-0.2, 0) is 11.8 Å². The molecule has 0 amide bonds. The summed E-state index contributed by atoms with van der Waals surface area (Å²) in [4.78, 5) is 0. The topological polar surface area (TPSA) is 24.1 Å². The van der Waals surface area contributed by atoms with Crippen molar-refractivity contribution in [2.45, 2.75) is 32.6 Å². The van der Waals surface area contributed by atoms with Crippen molar-refractivity contribution in [2.24, 2.45) is 0 Å². The molecule has 3 heteroatoms. The molecule has 2 rings (SSSR count). The Kier molecular flexibility index (Phi) is 5.56. The predicted octanol–water partition coefficient (Wildman–Crippen LogP) is 4.51. The van der Waals surface area contributed by atoms with E-state index in [0.717, 1.165) is 18.7 Å². The minimum Gasteiger partial charge on any atom is -0.362 e. The number of rotatable bonds is 4. The minimum absolute atomic E-state index is 0.0866. The molecule has 2 nitrogen and oxygen atoms in total. The number of thiocarbonyl (C=S) groups is 1. The first-order valence-corrected chi connectivity index (χ1v) is 8.06. The fourth-order valence-corrected chi connectivity index (χ4v) is 2.59. The molecule has 0 radical (unpaired) electrons. The van der Waals surface area contributed by atoms with Crippen molar-refractivity contribution in [3.8, 4) is 0 Å². The first kappa shape index (κ1) is 16.5. The van der Waals surface area contributed by atoms with Gasteiger partial charge in [-0.1, -0.05) is 69.3 Å². The molecule has 0 unspecified atom stereocenters. The van der Waals surface area contributed by atoms with Gasteiger partial charge in [0.2, 0.25) is 0 Å². The van der Waals surface area contributed by atoms with Crippen LogP contribution < -0.4 is 10.6 Å². The highest BCUT2D eigenvalue weighted by Gasteiger charge is 2.17. The fourth-order valence-electron chi connectivity index (χ4n) is 2.38. The highest BCUT2D eigenvalue weighted by Crippen LogP contribution is 2.29. The summed E-state index contributed by atoms with van der Waals surface area (Å²) in [5.41, 5.74) is 3.74. The zero-order valence-corrected chi connectivity index (χ0v) is 14.3. The second kappa shape index (κ2) is 7.41. The molecule has 0 atom stereocenters. The van der Waals surface area contributed by atoms with Crippen molar-refractivity contribution in [2.75, 3.05) is 11.9 Å². The van der Waals surface area contributed by atoms with Crippen LogP contribution in [0.3, 0.4) is 0 Å². The van der Waals surface area contributed by atoms with Crippen molar-refractivity contribution < 1.29 is 0 Å². The molecule has 0 saturated carbocycles. The van der Waals surface area contributed by atoms with E-state index in [9.17, 15) is 0 Å². The zero-order valence-electron chi connectivity index (χ0n) is 13.5. The van der Waals surface area contributed by atoms with Gasteiger partial charge < -0.3 is 10.6 Å². The molecule has 22 heavy (non-hydrogen) atoms. The third-order valence-corrected chi connectivity index (χ3v) is 3.77. The van der Waals surface area contributed by atoms with Gasteiger partial charge in [-0.25, -0.2) is 0 Å². The highest BCUT2D eigenvalue weighted by atomic mass is 32.1. The smallest absolute Gasteiger partial charge is 0.170 e. The molecule has 0 bridgehead atoms. The summed E-state index contributed by atoms with van der Waals surface area (Å²) in [5, 5.41) is 7.28. The Labute approximate surface area is 139 Å². The average molecular weight is 312 g/mol. The van der Waals surface area contributed by atoms with Gasteiger partial charge >= 0.3 is 0 Å². The van der Waals surface area contributed by atoms with E-state index in [1.165, 1.54) is 11.1 Å². The molecule has 0 aliphatic carbocycles. The molecule has 0 aromatic heterocycles. The van der Waals surface area contributed by atoms with Crippen molar-refractivity contribution in [1.82, 2.24) is 5.32 Å². The lowest BCUT2D eigenvalue weighted by molar-refractivity contribution is 0.592. The molecule has 0 aliphatic rings. The average Bonchev–Trinajstić information content (AvgIpc) is 2.48. The van der Waals surface area contributed by atoms with Gasteiger partial charge in [0.1, 0.15) is 0 Å². The monoisotopic (exact) mass is 312 g/mol. The van der Waals surface area contributed by atoms with Crippen molar-refractivity contribution in [3.05, 3.63) is 65.7 Å². The zero-order chi connectivity index (χ0) is 16.0. The van der Waals surface area contributed by atoms with Gasteiger partial charge in [-0.05, 0) is 41.2 Å². The SMILES string of the molecule is CC(C)(C)c1ccccc1NC(=S)NCCc1ccccc1. The summed E-state index contributed by atoms with van der Waals surface area (Å²) >= 11 is 5.41. The van der Waals surface area contributed by atoms with Gasteiger partial charge in [-0.2, -0.15) is 0 Å². The maximum atomic E-state index is 5.41. The van der Waals surface area contributed by atoms with Crippen LogP contribution >= 0.6 is 12.2 Å². The Morgan fingerprint density at radius 2 is 1.59 bits per heavy atom. The van der Waals surface area contributed by atoms with E-state index in [1.54, 1.807) is 0 Å². The lowest BCUT2D eigenvalue weighted by Gasteiger charge is -2.23. The Morgan fingerprint density at radius 3 is 2.27 bits per heavy atom. The number of hydrogen-bond donors (Lipinski definition) is 2. The van der Waals surface area contributed by atoms with E-state index < -0.39 is 0 Å². The van der Waals surface area contributed by atoms with Gasteiger partial charge in [-0.3, -0.25) is 0 Å². The Morgan fingerprint density at radius 1 is 0.955 bits per heavy atom. The van der Waals surface area contributed by atoms with Crippen molar-refractivity contribution in [1.29, 1.82) is 0 Å². The van der Waals surface area contributed by atoms with Crippen LogP contribution in [0.1, 0.15) is 31.9 Å². The third kappa shape index (κ3) is 4.85. The summed E-state index contributed by atoms with van der Waals surface area (Å²) in [5.74, 6) is 0. The maximum Gasteiger partial charge on any atom is 0.170 e. The Bertz CT molecular complexity index is 615. The largest absolute Gasteiger partial charge is 0.362 e. The van der Waals surface area contributed by atoms with Crippen LogP contribution in [0.25, 0.3) is 0 Å². The van der Waals surface area contributed by atoms with E-state index >= 15 is 0 Å². The summed E-state index contributed by atoms with van der Waals surface area (Å²) in [6, 6.07) is 18.7. The molecular formula is C19H24N2S. The number of benzene rings is 2. The van der Waals surface area contributed by atoms with Gasteiger partial charge in [-0.15, -0.1) is 0 Å². The predicted molar refractivity (Wildman–Crippen MR) is 99.5 cm³/mol. The number of para-hydroxylation sites is 1. The Balaban J connectivity index is 1.90. The van der Waals surface area contributed by atoms with Crippen molar-refractivity contribution in [3.63, 3.8) is 0 Å². The van der Waals surface area contributed by atoms with E-state index in [1.807, 2.05) is 12.1 Å². The van der Waals surface area contributed by atoms with Crippen LogP contribution in [0, 0.1) is 0 Å². The molecule has 0 aliphatic heterocycles. The van der Waals surface area contributed by atoms with E-state index in [4.69, 9.17) is 12.2 Å². The molecule has 116 valence electrons. The molecule has 0 fully saturated rings. The molecule has 2 aromatic rings. The minimum atomic E-state index is 0.0866. The molecular weight excluding hydrogens is 288 g/mol. The maximum absolute atomic E-state index is 5.41. The van der Waals surface area contributed by atoms with Crippen LogP contribution in [0.5, 0.6) is 0 Å². The first-order chi connectivity index (χ1) is 10.5. The van der Waals surface area contributed by atoms with Crippen LogP contribution in [0.4, 0.5) is 5.69 Å².